The van der Waals surface area contributed by atoms with Gasteiger partial charge in [-0.25, -0.2) is 4.98 Å². The molecule has 6 heteroatoms. The Labute approximate surface area is 160 Å². The molecule has 27 heavy (non-hydrogen) atoms. The number of aromatic amines is 1. The van der Waals surface area contributed by atoms with Crippen molar-refractivity contribution in [3.63, 3.8) is 0 Å². The second-order valence-corrected chi connectivity index (χ2v) is 7.39. The van der Waals surface area contributed by atoms with E-state index in [2.05, 4.69) is 39.5 Å². The molecule has 3 heterocycles. The quantitative estimate of drug-likeness (QED) is 0.777. The molecular formula is C21H28N4O2+2. The Morgan fingerprint density at radius 2 is 2.04 bits per heavy atom. The summed E-state index contributed by atoms with van der Waals surface area (Å²) in [6.07, 6.45) is 2.87. The average molecular weight is 368 g/mol. The predicted octanol–water partition coefficient (Wildman–Crippen LogP) is -0.0755. The van der Waals surface area contributed by atoms with Crippen molar-refractivity contribution in [3.05, 3.63) is 59.9 Å². The molecule has 2 aromatic rings. The zero-order valence-corrected chi connectivity index (χ0v) is 15.6. The van der Waals surface area contributed by atoms with Gasteiger partial charge in [-0.2, -0.15) is 0 Å². The van der Waals surface area contributed by atoms with Crippen LogP contribution in [0.2, 0.25) is 0 Å². The maximum Gasteiger partial charge on any atom is 0.316 e. The molecule has 0 radical (unpaired) electrons. The second-order valence-electron chi connectivity index (χ2n) is 7.39. The van der Waals surface area contributed by atoms with Crippen molar-refractivity contribution < 1.29 is 19.4 Å². The predicted molar refractivity (Wildman–Crippen MR) is 103 cm³/mol. The van der Waals surface area contributed by atoms with Crippen molar-refractivity contribution in [2.45, 2.75) is 19.0 Å². The van der Waals surface area contributed by atoms with Gasteiger partial charge in [0.2, 0.25) is 0 Å². The molecule has 1 amide bonds. The number of carbonyl (C=O) groups is 1. The van der Waals surface area contributed by atoms with Gasteiger partial charge in [0.05, 0.1) is 32.3 Å². The number of quaternary nitrogens is 1. The molecule has 0 aliphatic carbocycles. The van der Waals surface area contributed by atoms with Crippen LogP contribution in [0.4, 0.5) is 5.69 Å². The molecule has 4 rings (SSSR count). The van der Waals surface area contributed by atoms with E-state index in [4.69, 9.17) is 4.74 Å². The first-order valence-corrected chi connectivity index (χ1v) is 9.81. The summed E-state index contributed by atoms with van der Waals surface area (Å²) < 4.78 is 5.41. The summed E-state index contributed by atoms with van der Waals surface area (Å²) in [5.41, 5.74) is 3.05. The zero-order chi connectivity index (χ0) is 18.5. The van der Waals surface area contributed by atoms with Gasteiger partial charge in [-0.1, -0.05) is 30.3 Å². The van der Waals surface area contributed by atoms with E-state index >= 15 is 0 Å². The van der Waals surface area contributed by atoms with Gasteiger partial charge in [-0.3, -0.25) is 4.79 Å². The summed E-state index contributed by atoms with van der Waals surface area (Å²) in [5.74, 6) is -0.0175. The van der Waals surface area contributed by atoms with E-state index in [1.807, 2.05) is 24.4 Å². The molecule has 1 unspecified atom stereocenters. The molecule has 0 bridgehead atoms. The lowest BCUT2D eigenvalue weighted by molar-refractivity contribution is -0.901. The van der Waals surface area contributed by atoms with E-state index in [1.165, 1.54) is 10.5 Å². The smallest absolute Gasteiger partial charge is 0.316 e. The standard InChI is InChI=1S/C21H26N4O2/c26-21(20-14-19(6-8-22-20)25-10-12-27-13-11-25)23-18-7-9-24(16-18)15-17-4-2-1-3-5-17/h1-6,8,14,18H,7,9-13,15-16H2,(H,23,26)/p+2/t18-/m0/s1. The average Bonchev–Trinajstić information content (AvgIpc) is 3.16. The van der Waals surface area contributed by atoms with Crippen molar-refractivity contribution >= 4 is 11.6 Å². The van der Waals surface area contributed by atoms with E-state index in [0.29, 0.717) is 5.69 Å². The van der Waals surface area contributed by atoms with Gasteiger partial charge in [-0.05, 0) is 0 Å². The number of hydrogen-bond acceptors (Lipinski definition) is 3. The van der Waals surface area contributed by atoms with Gasteiger partial charge in [0.25, 0.3) is 5.69 Å². The fourth-order valence-corrected chi connectivity index (χ4v) is 3.97. The summed E-state index contributed by atoms with van der Waals surface area (Å²) in [6.45, 7) is 6.30. The third kappa shape index (κ3) is 4.64. The van der Waals surface area contributed by atoms with Crippen molar-refractivity contribution in [2.75, 3.05) is 44.3 Å². The topological polar surface area (TPSA) is 60.2 Å². The molecule has 2 aliphatic rings. The number of rotatable bonds is 5. The molecule has 1 aromatic carbocycles. The number of benzene rings is 1. The van der Waals surface area contributed by atoms with Crippen LogP contribution in [-0.2, 0) is 11.3 Å². The Morgan fingerprint density at radius 1 is 1.22 bits per heavy atom. The fourth-order valence-electron chi connectivity index (χ4n) is 3.97. The maximum atomic E-state index is 12.7. The molecule has 142 valence electrons. The monoisotopic (exact) mass is 368 g/mol. The van der Waals surface area contributed by atoms with Crippen molar-refractivity contribution in [3.8, 4) is 0 Å². The highest BCUT2D eigenvalue weighted by atomic mass is 16.5. The van der Waals surface area contributed by atoms with E-state index in [9.17, 15) is 4.79 Å². The normalized spacial score (nSPS) is 22.6. The zero-order valence-electron chi connectivity index (χ0n) is 15.6. The summed E-state index contributed by atoms with van der Waals surface area (Å²) in [6, 6.07) is 14.8. The lowest BCUT2D eigenvalue weighted by atomic mass is 10.2. The van der Waals surface area contributed by atoms with E-state index in [1.54, 1.807) is 0 Å². The Morgan fingerprint density at radius 3 is 2.85 bits per heavy atom. The van der Waals surface area contributed by atoms with Crippen LogP contribution in [0.25, 0.3) is 0 Å². The number of carbonyl (C=O) groups excluding carboxylic acids is 1. The number of nitrogens with one attached hydrogen (secondary N) is 3. The van der Waals surface area contributed by atoms with Crippen LogP contribution in [0.1, 0.15) is 22.5 Å². The fraction of sp³-hybridized carbons (Fsp3) is 0.429. The molecular weight excluding hydrogens is 340 g/mol. The van der Waals surface area contributed by atoms with Crippen LogP contribution in [0.15, 0.2) is 48.7 Å². The molecule has 2 fully saturated rings. The number of pyridine rings is 1. The molecule has 2 aliphatic heterocycles. The van der Waals surface area contributed by atoms with Crippen LogP contribution in [0.5, 0.6) is 0 Å². The summed E-state index contributed by atoms with van der Waals surface area (Å²) >= 11 is 0. The van der Waals surface area contributed by atoms with E-state index < -0.39 is 0 Å². The number of likely N-dealkylation sites (tertiary alicyclic amines) is 1. The van der Waals surface area contributed by atoms with Gasteiger partial charge in [0.15, 0.2) is 6.20 Å². The highest BCUT2D eigenvalue weighted by Crippen LogP contribution is 2.15. The third-order valence-corrected chi connectivity index (χ3v) is 5.42. The van der Waals surface area contributed by atoms with Gasteiger partial charge in [0.1, 0.15) is 6.54 Å². The number of anilines is 1. The Bertz CT molecular complexity index is 762. The molecule has 6 nitrogen and oxygen atoms in total. The van der Waals surface area contributed by atoms with Crippen molar-refractivity contribution in [1.82, 2.24) is 5.32 Å². The number of ether oxygens (including phenoxy) is 1. The summed E-state index contributed by atoms with van der Waals surface area (Å²) in [4.78, 5) is 19.6. The SMILES string of the molecule is O=C(N[C@H]1CC[NH+](Cc2ccccc2)C1)c1cc(N2CCOCC2)cc[nH+]1. The van der Waals surface area contributed by atoms with Crippen LogP contribution in [-0.4, -0.2) is 51.3 Å². The second kappa shape index (κ2) is 8.50. The minimum Gasteiger partial charge on any atom is -0.378 e. The van der Waals surface area contributed by atoms with Crippen LogP contribution in [0, 0.1) is 0 Å². The van der Waals surface area contributed by atoms with Crippen LogP contribution in [0.3, 0.4) is 0 Å². The van der Waals surface area contributed by atoms with Crippen molar-refractivity contribution in [2.24, 2.45) is 0 Å². The molecule has 2 atom stereocenters. The first kappa shape index (κ1) is 17.9. The van der Waals surface area contributed by atoms with Gasteiger partial charge < -0.3 is 19.9 Å². The molecule has 0 saturated carbocycles. The van der Waals surface area contributed by atoms with Crippen LogP contribution < -0.4 is 20.1 Å². The number of aromatic nitrogens is 1. The Hall–Kier alpha value is -2.44. The van der Waals surface area contributed by atoms with Crippen LogP contribution >= 0.6 is 0 Å². The lowest BCUT2D eigenvalue weighted by Gasteiger charge is -2.28. The molecule has 1 aromatic heterocycles. The number of amides is 1. The van der Waals surface area contributed by atoms with Crippen molar-refractivity contribution in [1.29, 1.82) is 0 Å². The first-order chi connectivity index (χ1) is 13.3. The third-order valence-electron chi connectivity index (χ3n) is 5.42. The largest absolute Gasteiger partial charge is 0.378 e. The summed E-state index contributed by atoms with van der Waals surface area (Å²) in [7, 11) is 0. The molecule has 0 spiro atoms. The van der Waals surface area contributed by atoms with Gasteiger partial charge >= 0.3 is 5.91 Å². The highest BCUT2D eigenvalue weighted by molar-refractivity contribution is 5.91. The van der Waals surface area contributed by atoms with Gasteiger partial charge in [0, 0.05) is 42.9 Å². The maximum absolute atomic E-state index is 12.7. The number of morpholine rings is 1. The van der Waals surface area contributed by atoms with E-state index in [-0.39, 0.29) is 11.9 Å². The molecule has 2 saturated heterocycles. The highest BCUT2D eigenvalue weighted by Gasteiger charge is 2.29. The lowest BCUT2D eigenvalue weighted by Crippen LogP contribution is -3.09. The Kier molecular flexibility index (Phi) is 5.65. The number of H-pyrrole nitrogens is 1. The molecule has 3 N–H and O–H groups in total. The Balaban J connectivity index is 1.33. The minimum atomic E-state index is -0.0175. The van der Waals surface area contributed by atoms with Gasteiger partial charge in [-0.15, -0.1) is 0 Å². The first-order valence-electron chi connectivity index (χ1n) is 9.81. The summed E-state index contributed by atoms with van der Waals surface area (Å²) in [5, 5.41) is 3.21. The minimum absolute atomic E-state index is 0.0175. The number of nitrogens with zero attached hydrogens (tertiary/aromatic N) is 1. The van der Waals surface area contributed by atoms with E-state index in [0.717, 1.165) is 58.0 Å². The number of hydrogen-bond donors (Lipinski definition) is 2.